The average molecular weight is 406 g/mol. The molecule has 154 valence electrons. The lowest BCUT2D eigenvalue weighted by Crippen LogP contribution is -2.36. The summed E-state index contributed by atoms with van der Waals surface area (Å²) in [6, 6.07) is 11.8. The topological polar surface area (TPSA) is 69.3 Å². The first-order valence-corrected chi connectivity index (χ1v) is 10.3. The summed E-state index contributed by atoms with van der Waals surface area (Å²) in [6.45, 7) is 3.21. The van der Waals surface area contributed by atoms with Crippen LogP contribution in [0, 0.1) is 11.2 Å². The summed E-state index contributed by atoms with van der Waals surface area (Å²) in [7, 11) is 0. The number of para-hydroxylation sites is 1. The molecular formula is C23H23FN4O2. The van der Waals surface area contributed by atoms with Gasteiger partial charge in [-0.3, -0.25) is 19.5 Å². The SMILES string of the molecule is O=C1N(Cc2ccccn2)CCC12CCN(Cc1cc(=O)c3cccc(F)c3[nH]1)C2. The van der Waals surface area contributed by atoms with Gasteiger partial charge in [-0.05, 0) is 43.7 Å². The third-order valence-electron chi connectivity index (χ3n) is 6.38. The van der Waals surface area contributed by atoms with Crippen LogP contribution in [0.25, 0.3) is 10.9 Å². The highest BCUT2D eigenvalue weighted by molar-refractivity contribution is 5.85. The number of halogens is 1. The van der Waals surface area contributed by atoms with E-state index in [1.165, 1.54) is 12.1 Å². The Morgan fingerprint density at radius 2 is 1.93 bits per heavy atom. The van der Waals surface area contributed by atoms with E-state index < -0.39 is 5.82 Å². The molecule has 5 rings (SSSR count). The minimum Gasteiger partial charge on any atom is -0.355 e. The van der Waals surface area contributed by atoms with Gasteiger partial charge in [-0.2, -0.15) is 0 Å². The highest BCUT2D eigenvalue weighted by atomic mass is 19.1. The van der Waals surface area contributed by atoms with E-state index in [9.17, 15) is 14.0 Å². The zero-order chi connectivity index (χ0) is 20.7. The Hall–Kier alpha value is -3.06. The van der Waals surface area contributed by atoms with E-state index in [4.69, 9.17) is 0 Å². The standard InChI is InChI=1S/C23H23FN4O2/c24-19-6-3-5-18-20(29)12-17(26-21(18)19)13-27-10-7-23(15-27)8-11-28(22(23)30)14-16-4-1-2-9-25-16/h1-6,9,12H,7-8,10-11,13-15H2,(H,26,29). The quantitative estimate of drug-likeness (QED) is 0.723. The van der Waals surface area contributed by atoms with Crippen LogP contribution in [-0.2, 0) is 17.9 Å². The summed E-state index contributed by atoms with van der Waals surface area (Å²) in [5.74, 6) is -0.242. The van der Waals surface area contributed by atoms with E-state index in [2.05, 4.69) is 14.9 Å². The fourth-order valence-corrected chi connectivity index (χ4v) is 4.82. The lowest BCUT2D eigenvalue weighted by Gasteiger charge is -2.23. The van der Waals surface area contributed by atoms with E-state index in [0.29, 0.717) is 30.7 Å². The number of hydrogen-bond acceptors (Lipinski definition) is 4. The maximum absolute atomic E-state index is 14.1. The molecule has 2 saturated heterocycles. The maximum atomic E-state index is 14.1. The van der Waals surface area contributed by atoms with E-state index in [-0.39, 0.29) is 22.3 Å². The van der Waals surface area contributed by atoms with Gasteiger partial charge in [0.05, 0.1) is 23.2 Å². The van der Waals surface area contributed by atoms with E-state index in [1.807, 2.05) is 23.1 Å². The zero-order valence-electron chi connectivity index (χ0n) is 16.6. The van der Waals surface area contributed by atoms with Crippen LogP contribution in [0.3, 0.4) is 0 Å². The molecule has 0 aliphatic carbocycles. The van der Waals surface area contributed by atoms with Gasteiger partial charge in [-0.15, -0.1) is 0 Å². The highest BCUT2D eigenvalue weighted by Gasteiger charge is 2.50. The molecule has 0 saturated carbocycles. The number of amides is 1. The fraction of sp³-hybridized carbons (Fsp3) is 0.348. The van der Waals surface area contributed by atoms with Crippen LogP contribution in [0.5, 0.6) is 0 Å². The number of benzene rings is 1. The van der Waals surface area contributed by atoms with Gasteiger partial charge in [0.15, 0.2) is 5.43 Å². The van der Waals surface area contributed by atoms with Crippen molar-refractivity contribution >= 4 is 16.8 Å². The summed E-state index contributed by atoms with van der Waals surface area (Å²) in [5, 5.41) is 0.354. The van der Waals surface area contributed by atoms with Crippen LogP contribution in [0.1, 0.15) is 24.2 Å². The Morgan fingerprint density at radius 1 is 1.07 bits per heavy atom. The number of likely N-dealkylation sites (tertiary alicyclic amines) is 2. The van der Waals surface area contributed by atoms with Gasteiger partial charge in [0, 0.05) is 43.0 Å². The molecule has 2 fully saturated rings. The molecule has 0 radical (unpaired) electrons. The van der Waals surface area contributed by atoms with Crippen molar-refractivity contribution < 1.29 is 9.18 Å². The molecule has 7 heteroatoms. The molecule has 0 bridgehead atoms. The molecular weight excluding hydrogens is 383 g/mol. The normalized spacial score (nSPS) is 21.9. The van der Waals surface area contributed by atoms with Gasteiger partial charge >= 0.3 is 0 Å². The van der Waals surface area contributed by atoms with E-state index >= 15 is 0 Å². The van der Waals surface area contributed by atoms with Gasteiger partial charge in [-0.25, -0.2) is 4.39 Å². The molecule has 2 aliphatic rings. The van der Waals surface area contributed by atoms with Gasteiger partial charge in [0.1, 0.15) is 5.82 Å². The third kappa shape index (κ3) is 3.29. The Kier molecular flexibility index (Phi) is 4.62. The van der Waals surface area contributed by atoms with Crippen molar-refractivity contribution in [2.75, 3.05) is 19.6 Å². The number of carbonyl (C=O) groups excluding carboxylic acids is 1. The molecule has 1 spiro atoms. The number of nitrogens with one attached hydrogen (secondary N) is 1. The first-order chi connectivity index (χ1) is 14.5. The van der Waals surface area contributed by atoms with Crippen molar-refractivity contribution in [2.24, 2.45) is 5.41 Å². The Labute approximate surface area is 173 Å². The fourth-order valence-electron chi connectivity index (χ4n) is 4.82. The largest absolute Gasteiger partial charge is 0.355 e. The molecule has 1 unspecified atom stereocenters. The number of nitrogens with zero attached hydrogens (tertiary/aromatic N) is 3. The van der Waals surface area contributed by atoms with Crippen molar-refractivity contribution in [3.63, 3.8) is 0 Å². The average Bonchev–Trinajstić information content (AvgIpc) is 3.28. The van der Waals surface area contributed by atoms with Crippen LogP contribution in [-0.4, -0.2) is 45.3 Å². The van der Waals surface area contributed by atoms with Crippen molar-refractivity contribution in [3.05, 3.63) is 76.1 Å². The number of aromatic nitrogens is 2. The molecule has 4 heterocycles. The summed E-state index contributed by atoms with van der Waals surface area (Å²) in [5.41, 5.74) is 1.26. The van der Waals surface area contributed by atoms with Gasteiger partial charge in [0.2, 0.25) is 5.91 Å². The van der Waals surface area contributed by atoms with Crippen molar-refractivity contribution in [1.29, 1.82) is 0 Å². The van der Waals surface area contributed by atoms with Gasteiger partial charge < -0.3 is 9.88 Å². The lowest BCUT2D eigenvalue weighted by atomic mass is 9.85. The molecule has 6 nitrogen and oxygen atoms in total. The van der Waals surface area contributed by atoms with Gasteiger partial charge in [0.25, 0.3) is 0 Å². The molecule has 1 amide bonds. The van der Waals surface area contributed by atoms with Crippen molar-refractivity contribution in [1.82, 2.24) is 19.8 Å². The summed E-state index contributed by atoms with van der Waals surface area (Å²) >= 11 is 0. The summed E-state index contributed by atoms with van der Waals surface area (Å²) < 4.78 is 14.1. The van der Waals surface area contributed by atoms with Crippen molar-refractivity contribution in [3.8, 4) is 0 Å². The summed E-state index contributed by atoms with van der Waals surface area (Å²) in [6.07, 6.45) is 3.38. The van der Waals surface area contributed by atoms with Crippen LogP contribution in [0.4, 0.5) is 4.39 Å². The van der Waals surface area contributed by atoms with Crippen molar-refractivity contribution in [2.45, 2.75) is 25.9 Å². The molecule has 3 aromatic rings. The second kappa shape index (κ2) is 7.32. The molecule has 1 aromatic carbocycles. The third-order valence-corrected chi connectivity index (χ3v) is 6.38. The monoisotopic (exact) mass is 406 g/mol. The number of H-pyrrole nitrogens is 1. The molecule has 2 aliphatic heterocycles. The number of aromatic amines is 1. The Bertz CT molecular complexity index is 1160. The lowest BCUT2D eigenvalue weighted by molar-refractivity contribution is -0.136. The Balaban J connectivity index is 1.30. The van der Waals surface area contributed by atoms with Crippen LogP contribution < -0.4 is 5.43 Å². The minimum absolute atomic E-state index is 0.189. The predicted molar refractivity (Wildman–Crippen MR) is 111 cm³/mol. The molecule has 30 heavy (non-hydrogen) atoms. The number of carbonyl (C=O) groups is 1. The maximum Gasteiger partial charge on any atom is 0.230 e. The molecule has 2 aromatic heterocycles. The van der Waals surface area contributed by atoms with Crippen LogP contribution >= 0.6 is 0 Å². The number of rotatable bonds is 4. The number of hydrogen-bond donors (Lipinski definition) is 1. The van der Waals surface area contributed by atoms with E-state index in [1.54, 1.807) is 18.3 Å². The smallest absolute Gasteiger partial charge is 0.230 e. The summed E-state index contributed by atoms with van der Waals surface area (Å²) in [4.78, 5) is 37.0. The second-order valence-electron chi connectivity index (χ2n) is 8.36. The predicted octanol–water partition coefficient (Wildman–Crippen LogP) is 2.69. The first kappa shape index (κ1) is 18.9. The Morgan fingerprint density at radius 3 is 2.77 bits per heavy atom. The van der Waals surface area contributed by atoms with Gasteiger partial charge in [-0.1, -0.05) is 12.1 Å². The molecule has 1 atom stereocenters. The highest BCUT2D eigenvalue weighted by Crippen LogP contribution is 2.41. The van der Waals surface area contributed by atoms with Crippen LogP contribution in [0.2, 0.25) is 0 Å². The minimum atomic E-state index is -0.430. The first-order valence-electron chi connectivity index (χ1n) is 10.3. The molecule has 1 N–H and O–H groups in total. The zero-order valence-corrected chi connectivity index (χ0v) is 16.6. The van der Waals surface area contributed by atoms with E-state index in [0.717, 1.165) is 31.6 Å². The van der Waals surface area contributed by atoms with Crippen LogP contribution in [0.15, 0.2) is 53.5 Å². The second-order valence-corrected chi connectivity index (χ2v) is 8.36. The number of pyridine rings is 2. The number of fused-ring (bicyclic) bond motifs is 1.